The zero-order valence-corrected chi connectivity index (χ0v) is 19.1. The summed E-state index contributed by atoms with van der Waals surface area (Å²) in [6.07, 6.45) is -1.74. The van der Waals surface area contributed by atoms with E-state index in [9.17, 15) is 18.0 Å². The average Bonchev–Trinajstić information content (AvgIpc) is 3.24. The lowest BCUT2D eigenvalue weighted by molar-refractivity contribution is -0.149. The summed E-state index contributed by atoms with van der Waals surface area (Å²) < 4.78 is 40.8. The normalized spacial score (nSPS) is 19.5. The van der Waals surface area contributed by atoms with Crippen LogP contribution in [0.3, 0.4) is 0 Å². The fourth-order valence-corrected chi connectivity index (χ4v) is 5.19. The zero-order chi connectivity index (χ0) is 24.2. The lowest BCUT2D eigenvalue weighted by atomic mass is 9.94. The predicted molar refractivity (Wildman–Crippen MR) is 121 cm³/mol. The standard InChI is InChI=1S/C22H23ClF3N7O/c1-12-10-32(11-18-29-30-21(33(12)18)22(24,25)26)20(34)13-4-6-31(7-5-13)19-15-8-14(23)2-3-17(15)28-9-16(19)27/h2-3,8-9,12-13H,4-7,10-11,27H2,1H3. The summed E-state index contributed by atoms with van der Waals surface area (Å²) >= 11 is 6.20. The van der Waals surface area contributed by atoms with Crippen LogP contribution in [0.2, 0.25) is 5.02 Å². The molecule has 0 saturated carbocycles. The molecule has 180 valence electrons. The number of carbonyl (C=O) groups is 1. The van der Waals surface area contributed by atoms with Gasteiger partial charge in [-0.1, -0.05) is 11.6 Å². The van der Waals surface area contributed by atoms with E-state index in [1.54, 1.807) is 24.1 Å². The van der Waals surface area contributed by atoms with Crippen LogP contribution in [0.5, 0.6) is 0 Å². The lowest BCUT2D eigenvalue weighted by Gasteiger charge is -2.38. The van der Waals surface area contributed by atoms with Crippen LogP contribution in [0.1, 0.15) is 37.5 Å². The average molecular weight is 494 g/mol. The Hall–Kier alpha value is -3.08. The number of hydrogen-bond acceptors (Lipinski definition) is 6. The Balaban J connectivity index is 1.30. The minimum Gasteiger partial charge on any atom is -0.396 e. The number of pyridine rings is 1. The smallest absolute Gasteiger partial charge is 0.396 e. The summed E-state index contributed by atoms with van der Waals surface area (Å²) in [6.45, 7) is 3.08. The van der Waals surface area contributed by atoms with Crippen molar-refractivity contribution in [2.75, 3.05) is 30.3 Å². The van der Waals surface area contributed by atoms with Gasteiger partial charge in [0.15, 0.2) is 5.82 Å². The molecular weight excluding hydrogens is 471 g/mol. The second-order valence-electron chi connectivity index (χ2n) is 8.86. The minimum absolute atomic E-state index is 0.0207. The topological polar surface area (TPSA) is 93.2 Å². The highest BCUT2D eigenvalue weighted by atomic mass is 35.5. The van der Waals surface area contributed by atoms with Crippen molar-refractivity contribution in [3.8, 4) is 0 Å². The SMILES string of the molecule is CC1CN(C(=O)C2CCN(c3c(N)cnc4ccc(Cl)cc34)CC2)Cc2nnc(C(F)(F)F)n21. The number of piperidine rings is 1. The monoisotopic (exact) mass is 493 g/mol. The van der Waals surface area contributed by atoms with E-state index in [0.29, 0.717) is 36.6 Å². The Labute approximate surface area is 198 Å². The van der Waals surface area contributed by atoms with E-state index in [2.05, 4.69) is 20.1 Å². The van der Waals surface area contributed by atoms with Gasteiger partial charge in [0.1, 0.15) is 0 Å². The van der Waals surface area contributed by atoms with Crippen LogP contribution in [0.25, 0.3) is 10.9 Å². The van der Waals surface area contributed by atoms with Gasteiger partial charge >= 0.3 is 6.18 Å². The number of nitrogen functional groups attached to an aromatic ring is 1. The van der Waals surface area contributed by atoms with Crippen molar-refractivity contribution in [2.24, 2.45) is 5.92 Å². The van der Waals surface area contributed by atoms with Crippen LogP contribution in [0, 0.1) is 5.92 Å². The Morgan fingerprint density at radius 1 is 1.21 bits per heavy atom. The second kappa shape index (κ2) is 8.30. The molecule has 0 radical (unpaired) electrons. The Morgan fingerprint density at radius 3 is 2.65 bits per heavy atom. The predicted octanol–water partition coefficient (Wildman–Crippen LogP) is 3.90. The Kier molecular flexibility index (Phi) is 5.54. The van der Waals surface area contributed by atoms with Gasteiger partial charge in [0.05, 0.1) is 35.7 Å². The number of rotatable bonds is 2. The highest BCUT2D eigenvalue weighted by Crippen LogP contribution is 2.37. The minimum atomic E-state index is -4.58. The molecule has 0 spiro atoms. The molecule has 4 heterocycles. The van der Waals surface area contributed by atoms with Crippen LogP contribution in [0.4, 0.5) is 24.5 Å². The number of anilines is 2. The van der Waals surface area contributed by atoms with E-state index in [0.717, 1.165) is 21.2 Å². The highest BCUT2D eigenvalue weighted by molar-refractivity contribution is 6.31. The molecule has 1 fully saturated rings. The second-order valence-corrected chi connectivity index (χ2v) is 9.30. The largest absolute Gasteiger partial charge is 0.451 e. The molecular formula is C22H23ClF3N7O. The number of alkyl halides is 3. The summed E-state index contributed by atoms with van der Waals surface area (Å²) in [7, 11) is 0. The molecule has 34 heavy (non-hydrogen) atoms. The number of carbonyl (C=O) groups excluding carboxylic acids is 1. The molecule has 12 heteroatoms. The number of fused-ring (bicyclic) bond motifs is 2. The van der Waals surface area contributed by atoms with Crippen molar-refractivity contribution in [1.82, 2.24) is 24.6 Å². The first-order valence-electron chi connectivity index (χ1n) is 11.0. The van der Waals surface area contributed by atoms with Gasteiger partial charge in [0.2, 0.25) is 11.7 Å². The molecule has 8 nitrogen and oxygen atoms in total. The number of nitrogens with zero attached hydrogens (tertiary/aromatic N) is 6. The van der Waals surface area contributed by atoms with Gasteiger partial charge < -0.3 is 20.1 Å². The molecule has 0 bridgehead atoms. The first-order chi connectivity index (χ1) is 16.1. The van der Waals surface area contributed by atoms with Crippen molar-refractivity contribution >= 4 is 39.8 Å². The van der Waals surface area contributed by atoms with E-state index in [4.69, 9.17) is 17.3 Å². The fraction of sp³-hybridized carbons (Fsp3) is 0.455. The molecule has 2 aromatic heterocycles. The van der Waals surface area contributed by atoms with E-state index >= 15 is 0 Å². The lowest BCUT2D eigenvalue weighted by Crippen LogP contribution is -2.46. The van der Waals surface area contributed by atoms with E-state index in [1.807, 2.05) is 12.1 Å². The van der Waals surface area contributed by atoms with Gasteiger partial charge in [0, 0.05) is 36.0 Å². The third kappa shape index (κ3) is 3.91. The van der Waals surface area contributed by atoms with Crippen molar-refractivity contribution in [2.45, 2.75) is 38.5 Å². The first kappa shape index (κ1) is 22.7. The maximum Gasteiger partial charge on any atom is 0.451 e. The number of nitrogens with two attached hydrogens (primary N) is 1. The summed E-state index contributed by atoms with van der Waals surface area (Å²) in [6, 6.07) is 4.90. The third-order valence-electron chi connectivity index (χ3n) is 6.58. The van der Waals surface area contributed by atoms with E-state index in [-0.39, 0.29) is 30.7 Å². The van der Waals surface area contributed by atoms with Gasteiger partial charge in [-0.15, -0.1) is 10.2 Å². The van der Waals surface area contributed by atoms with Crippen LogP contribution in [0.15, 0.2) is 24.4 Å². The van der Waals surface area contributed by atoms with Crippen LogP contribution in [-0.4, -0.2) is 50.2 Å². The van der Waals surface area contributed by atoms with Crippen molar-refractivity contribution in [3.05, 3.63) is 41.1 Å². The Morgan fingerprint density at radius 2 is 1.94 bits per heavy atom. The van der Waals surface area contributed by atoms with Gasteiger partial charge in [-0.05, 0) is 38.0 Å². The van der Waals surface area contributed by atoms with Gasteiger partial charge in [-0.2, -0.15) is 13.2 Å². The highest BCUT2D eigenvalue weighted by Gasteiger charge is 2.42. The van der Waals surface area contributed by atoms with E-state index < -0.39 is 18.0 Å². The number of benzene rings is 1. The van der Waals surface area contributed by atoms with Crippen LogP contribution < -0.4 is 10.6 Å². The van der Waals surface area contributed by atoms with Crippen LogP contribution >= 0.6 is 11.6 Å². The van der Waals surface area contributed by atoms with Gasteiger partial charge in [-0.3, -0.25) is 9.78 Å². The maximum atomic E-state index is 13.3. The van der Waals surface area contributed by atoms with Gasteiger partial charge in [-0.25, -0.2) is 0 Å². The summed E-state index contributed by atoms with van der Waals surface area (Å²) in [4.78, 5) is 21.4. The molecule has 2 aliphatic rings. The van der Waals surface area contributed by atoms with Crippen molar-refractivity contribution < 1.29 is 18.0 Å². The van der Waals surface area contributed by atoms with Gasteiger partial charge in [0.25, 0.3) is 0 Å². The third-order valence-corrected chi connectivity index (χ3v) is 6.81. The number of aromatic nitrogens is 4. The molecule has 1 saturated heterocycles. The Bertz CT molecular complexity index is 1250. The quantitative estimate of drug-likeness (QED) is 0.582. The van der Waals surface area contributed by atoms with Crippen molar-refractivity contribution in [3.63, 3.8) is 0 Å². The molecule has 0 aliphatic carbocycles. The molecule has 1 unspecified atom stereocenters. The molecule has 2 N–H and O–H groups in total. The molecule has 5 rings (SSSR count). The zero-order valence-electron chi connectivity index (χ0n) is 18.4. The molecule has 1 amide bonds. The maximum absolute atomic E-state index is 13.3. The molecule has 2 aliphatic heterocycles. The fourth-order valence-electron chi connectivity index (χ4n) is 5.02. The molecule has 1 atom stereocenters. The number of halogens is 4. The number of hydrogen-bond donors (Lipinski definition) is 1. The summed E-state index contributed by atoms with van der Waals surface area (Å²) in [5, 5.41) is 8.49. The van der Waals surface area contributed by atoms with Crippen molar-refractivity contribution in [1.29, 1.82) is 0 Å². The molecule has 3 aromatic rings. The van der Waals surface area contributed by atoms with E-state index in [1.165, 1.54) is 0 Å². The van der Waals surface area contributed by atoms with Crippen LogP contribution in [-0.2, 0) is 17.5 Å². The summed E-state index contributed by atoms with van der Waals surface area (Å²) in [5.74, 6) is -1.15. The molecule has 1 aromatic carbocycles. The summed E-state index contributed by atoms with van der Waals surface area (Å²) in [5.41, 5.74) is 8.45. The number of amides is 1. The first-order valence-corrected chi connectivity index (χ1v) is 11.4.